The average molecular weight is 301 g/mol. The number of ether oxygens (including phenoxy) is 1. The van der Waals surface area contributed by atoms with Crippen LogP contribution in [0.15, 0.2) is 35.1 Å². The fourth-order valence-corrected chi connectivity index (χ4v) is 2.25. The van der Waals surface area contributed by atoms with Crippen molar-refractivity contribution >= 4 is 0 Å². The third-order valence-corrected chi connectivity index (χ3v) is 3.33. The summed E-state index contributed by atoms with van der Waals surface area (Å²) in [5.74, 6) is 0.779. The van der Waals surface area contributed by atoms with Gasteiger partial charge in [-0.1, -0.05) is 26.0 Å². The predicted octanol–water partition coefficient (Wildman–Crippen LogP) is 2.57. The Hall–Kier alpha value is -2.14. The van der Waals surface area contributed by atoms with Crippen LogP contribution in [0.25, 0.3) is 11.3 Å². The van der Waals surface area contributed by atoms with E-state index in [-0.39, 0.29) is 12.1 Å². The lowest BCUT2D eigenvalue weighted by Gasteiger charge is -2.13. The van der Waals surface area contributed by atoms with Gasteiger partial charge in [-0.15, -0.1) is 0 Å². The van der Waals surface area contributed by atoms with Crippen LogP contribution in [-0.2, 0) is 13.1 Å². The van der Waals surface area contributed by atoms with Gasteiger partial charge in [-0.05, 0) is 31.0 Å². The molecule has 1 aromatic carbocycles. The Labute approximate surface area is 130 Å². The number of aromatic nitrogens is 2. The number of hydrogen-bond donors (Lipinski definition) is 1. The summed E-state index contributed by atoms with van der Waals surface area (Å²) in [6, 6.07) is 9.51. The lowest BCUT2D eigenvalue weighted by molar-refractivity contribution is 0.318. The molecule has 5 heteroatoms. The van der Waals surface area contributed by atoms with Crippen molar-refractivity contribution in [2.75, 3.05) is 6.61 Å². The zero-order chi connectivity index (χ0) is 15.9. The van der Waals surface area contributed by atoms with Crippen LogP contribution in [-0.4, -0.2) is 16.4 Å². The van der Waals surface area contributed by atoms with Crippen LogP contribution in [0.3, 0.4) is 0 Å². The average Bonchev–Trinajstić information content (AvgIpc) is 2.55. The molecule has 2 N–H and O–H groups in total. The minimum atomic E-state index is -0.111. The van der Waals surface area contributed by atoms with Crippen LogP contribution < -0.4 is 16.0 Å². The lowest BCUT2D eigenvalue weighted by Crippen LogP contribution is -2.28. The third kappa shape index (κ3) is 3.54. The Morgan fingerprint density at radius 2 is 2.00 bits per heavy atom. The van der Waals surface area contributed by atoms with E-state index in [0.29, 0.717) is 18.7 Å². The summed E-state index contributed by atoms with van der Waals surface area (Å²) in [5.41, 5.74) is 7.78. The monoisotopic (exact) mass is 301 g/mol. The number of nitrogens with zero attached hydrogens (tertiary/aromatic N) is 2. The summed E-state index contributed by atoms with van der Waals surface area (Å²) in [6.45, 7) is 5.51. The van der Waals surface area contributed by atoms with Crippen LogP contribution in [0.2, 0.25) is 0 Å². The molecule has 0 bridgehead atoms. The van der Waals surface area contributed by atoms with Gasteiger partial charge in [-0.2, -0.15) is 5.10 Å². The van der Waals surface area contributed by atoms with Crippen molar-refractivity contribution in [3.63, 3.8) is 0 Å². The van der Waals surface area contributed by atoms with Gasteiger partial charge < -0.3 is 10.5 Å². The molecule has 0 saturated carbocycles. The first kappa shape index (κ1) is 16.2. The SMILES string of the molecule is CCCOc1ccccc1-c1cc(CN)c(=O)n(CCC)n1. The molecule has 0 fully saturated rings. The highest BCUT2D eigenvalue weighted by Gasteiger charge is 2.12. The van der Waals surface area contributed by atoms with Gasteiger partial charge in [-0.3, -0.25) is 4.79 Å². The van der Waals surface area contributed by atoms with Crippen molar-refractivity contribution < 1.29 is 4.74 Å². The van der Waals surface area contributed by atoms with Gasteiger partial charge in [0.2, 0.25) is 0 Å². The number of nitrogens with two attached hydrogens (primary N) is 1. The molecular formula is C17H23N3O2. The van der Waals surface area contributed by atoms with E-state index in [2.05, 4.69) is 12.0 Å². The van der Waals surface area contributed by atoms with E-state index in [9.17, 15) is 4.79 Å². The van der Waals surface area contributed by atoms with Gasteiger partial charge >= 0.3 is 0 Å². The van der Waals surface area contributed by atoms with Crippen molar-refractivity contribution in [2.24, 2.45) is 5.73 Å². The summed E-state index contributed by atoms with van der Waals surface area (Å²) < 4.78 is 7.28. The van der Waals surface area contributed by atoms with E-state index in [0.717, 1.165) is 29.8 Å². The maximum Gasteiger partial charge on any atom is 0.271 e. The highest BCUT2D eigenvalue weighted by Crippen LogP contribution is 2.28. The lowest BCUT2D eigenvalue weighted by atomic mass is 10.1. The maximum atomic E-state index is 12.2. The van der Waals surface area contributed by atoms with Crippen molar-refractivity contribution in [3.05, 3.63) is 46.2 Å². The van der Waals surface area contributed by atoms with Gasteiger partial charge in [-0.25, -0.2) is 4.68 Å². The smallest absolute Gasteiger partial charge is 0.271 e. The molecule has 0 spiro atoms. The van der Waals surface area contributed by atoms with E-state index in [4.69, 9.17) is 10.5 Å². The van der Waals surface area contributed by atoms with Crippen molar-refractivity contribution in [1.82, 2.24) is 9.78 Å². The molecule has 0 atom stereocenters. The third-order valence-electron chi connectivity index (χ3n) is 3.33. The number of para-hydroxylation sites is 1. The summed E-state index contributed by atoms with van der Waals surface area (Å²) in [6.07, 6.45) is 1.78. The van der Waals surface area contributed by atoms with Crippen LogP contribution in [0.4, 0.5) is 0 Å². The Kier molecular flexibility index (Phi) is 5.72. The van der Waals surface area contributed by atoms with E-state index >= 15 is 0 Å². The van der Waals surface area contributed by atoms with Crippen LogP contribution in [0, 0.1) is 0 Å². The summed E-state index contributed by atoms with van der Waals surface area (Å²) in [5, 5.41) is 4.48. The van der Waals surface area contributed by atoms with Crippen molar-refractivity contribution in [3.8, 4) is 17.0 Å². The Balaban J connectivity index is 2.52. The number of hydrogen-bond acceptors (Lipinski definition) is 4. The Morgan fingerprint density at radius 1 is 1.23 bits per heavy atom. The number of rotatable bonds is 7. The van der Waals surface area contributed by atoms with E-state index < -0.39 is 0 Å². The zero-order valence-electron chi connectivity index (χ0n) is 13.2. The zero-order valence-corrected chi connectivity index (χ0v) is 13.2. The standard InChI is InChI=1S/C17H23N3O2/c1-3-9-20-17(21)13(12-18)11-15(19-20)14-7-5-6-8-16(14)22-10-4-2/h5-8,11H,3-4,9-10,12,18H2,1-2H3. The van der Waals surface area contributed by atoms with Gasteiger partial charge in [0.25, 0.3) is 5.56 Å². The van der Waals surface area contributed by atoms with Crippen molar-refractivity contribution in [1.29, 1.82) is 0 Å². The molecule has 118 valence electrons. The minimum Gasteiger partial charge on any atom is -0.493 e. The van der Waals surface area contributed by atoms with Crippen LogP contribution in [0.5, 0.6) is 5.75 Å². The number of aryl methyl sites for hydroxylation is 1. The van der Waals surface area contributed by atoms with Crippen LogP contribution >= 0.6 is 0 Å². The maximum absolute atomic E-state index is 12.2. The minimum absolute atomic E-state index is 0.111. The van der Waals surface area contributed by atoms with Crippen LogP contribution in [0.1, 0.15) is 32.3 Å². The highest BCUT2D eigenvalue weighted by atomic mass is 16.5. The number of benzene rings is 1. The molecule has 0 saturated heterocycles. The Morgan fingerprint density at radius 3 is 2.68 bits per heavy atom. The van der Waals surface area contributed by atoms with Crippen molar-refractivity contribution in [2.45, 2.75) is 39.8 Å². The molecule has 1 aromatic heterocycles. The molecule has 5 nitrogen and oxygen atoms in total. The highest BCUT2D eigenvalue weighted by molar-refractivity contribution is 5.67. The predicted molar refractivity (Wildman–Crippen MR) is 87.9 cm³/mol. The molecule has 0 unspecified atom stereocenters. The molecule has 0 aliphatic rings. The van der Waals surface area contributed by atoms with Gasteiger partial charge in [0, 0.05) is 24.2 Å². The van der Waals surface area contributed by atoms with Gasteiger partial charge in [0.15, 0.2) is 0 Å². The molecule has 2 aromatic rings. The topological polar surface area (TPSA) is 70.1 Å². The molecular weight excluding hydrogens is 278 g/mol. The largest absolute Gasteiger partial charge is 0.493 e. The molecule has 0 aliphatic heterocycles. The fraction of sp³-hybridized carbons (Fsp3) is 0.412. The van der Waals surface area contributed by atoms with E-state index in [1.807, 2.05) is 31.2 Å². The molecule has 0 aliphatic carbocycles. The summed E-state index contributed by atoms with van der Waals surface area (Å²) in [4.78, 5) is 12.2. The first-order valence-electron chi connectivity index (χ1n) is 7.74. The van der Waals surface area contributed by atoms with E-state index in [1.165, 1.54) is 4.68 Å². The summed E-state index contributed by atoms with van der Waals surface area (Å²) >= 11 is 0. The molecule has 0 radical (unpaired) electrons. The second-order valence-corrected chi connectivity index (χ2v) is 5.13. The van der Waals surface area contributed by atoms with Gasteiger partial charge in [0.05, 0.1) is 12.3 Å². The first-order chi connectivity index (χ1) is 10.7. The molecule has 1 heterocycles. The quantitative estimate of drug-likeness (QED) is 0.853. The van der Waals surface area contributed by atoms with E-state index in [1.54, 1.807) is 6.07 Å². The molecule has 0 amide bonds. The fourth-order valence-electron chi connectivity index (χ4n) is 2.25. The molecule has 22 heavy (non-hydrogen) atoms. The summed E-state index contributed by atoms with van der Waals surface area (Å²) in [7, 11) is 0. The van der Waals surface area contributed by atoms with Gasteiger partial charge in [0.1, 0.15) is 5.75 Å². The Bertz CT molecular complexity index is 680. The second-order valence-electron chi connectivity index (χ2n) is 5.13. The molecule has 2 rings (SSSR count). The second kappa shape index (κ2) is 7.75. The first-order valence-corrected chi connectivity index (χ1v) is 7.74. The normalized spacial score (nSPS) is 10.7.